The van der Waals surface area contributed by atoms with Gasteiger partial charge in [-0.05, 0) is 18.6 Å². The Morgan fingerprint density at radius 2 is 2.00 bits per heavy atom. The zero-order valence-corrected chi connectivity index (χ0v) is 11.3. The van der Waals surface area contributed by atoms with Crippen LogP contribution < -0.4 is 5.69 Å². The average molecular weight is 285 g/mol. The molecule has 8 nitrogen and oxygen atoms in total. The number of nitrogens with zero attached hydrogens (tertiary/aromatic N) is 5. The molecule has 0 aliphatic heterocycles. The first-order chi connectivity index (χ1) is 9.97. The van der Waals surface area contributed by atoms with Gasteiger partial charge in [-0.1, -0.05) is 12.1 Å². The number of benzene rings is 1. The number of nitro groups is 1. The lowest BCUT2D eigenvalue weighted by molar-refractivity contribution is -0.384. The largest absolute Gasteiger partial charge is 0.366 e. The Kier molecular flexibility index (Phi) is 2.79. The lowest BCUT2D eigenvalue weighted by atomic mass is 10.1. The van der Waals surface area contributed by atoms with E-state index >= 15 is 0 Å². The Morgan fingerprint density at radius 1 is 1.24 bits per heavy atom. The summed E-state index contributed by atoms with van der Waals surface area (Å²) in [6.07, 6.45) is 0. The van der Waals surface area contributed by atoms with E-state index in [1.165, 1.54) is 21.3 Å². The second-order valence-corrected chi connectivity index (χ2v) is 4.66. The first-order valence-corrected chi connectivity index (χ1v) is 6.16. The van der Waals surface area contributed by atoms with Gasteiger partial charge < -0.3 is 0 Å². The molecule has 0 aliphatic carbocycles. The van der Waals surface area contributed by atoms with Crippen molar-refractivity contribution in [3.63, 3.8) is 0 Å². The van der Waals surface area contributed by atoms with Crippen molar-refractivity contribution in [2.45, 2.75) is 6.92 Å². The van der Waals surface area contributed by atoms with Crippen LogP contribution in [0.2, 0.25) is 0 Å². The van der Waals surface area contributed by atoms with Crippen molar-refractivity contribution in [1.82, 2.24) is 19.4 Å². The molecule has 0 unspecified atom stereocenters. The first kappa shape index (κ1) is 13.0. The van der Waals surface area contributed by atoms with Crippen LogP contribution in [0.15, 0.2) is 35.1 Å². The maximum Gasteiger partial charge on any atom is 0.366 e. The van der Waals surface area contributed by atoms with Crippen LogP contribution in [-0.4, -0.2) is 24.3 Å². The van der Waals surface area contributed by atoms with Gasteiger partial charge in [0.2, 0.25) is 0 Å². The van der Waals surface area contributed by atoms with Crippen molar-refractivity contribution in [2.75, 3.05) is 0 Å². The molecule has 0 fully saturated rings. The molecule has 0 N–H and O–H groups in total. The van der Waals surface area contributed by atoms with E-state index in [0.29, 0.717) is 16.9 Å². The minimum atomic E-state index is -0.465. The number of aromatic nitrogens is 4. The molecule has 0 saturated heterocycles. The molecule has 21 heavy (non-hydrogen) atoms. The Hall–Kier alpha value is -3.03. The van der Waals surface area contributed by atoms with Crippen molar-refractivity contribution in [3.8, 4) is 11.3 Å². The first-order valence-electron chi connectivity index (χ1n) is 6.16. The van der Waals surface area contributed by atoms with E-state index < -0.39 is 4.92 Å². The smallest absolute Gasteiger partial charge is 0.258 e. The summed E-state index contributed by atoms with van der Waals surface area (Å²) < 4.78 is 2.38. The fourth-order valence-electron chi connectivity index (χ4n) is 2.15. The van der Waals surface area contributed by atoms with Gasteiger partial charge >= 0.3 is 5.69 Å². The predicted octanol–water partition coefficient (Wildman–Crippen LogP) is 1.31. The molecule has 8 heteroatoms. The quantitative estimate of drug-likeness (QED) is 0.522. The molecule has 1 aromatic carbocycles. The van der Waals surface area contributed by atoms with Crippen LogP contribution in [-0.2, 0) is 7.05 Å². The summed E-state index contributed by atoms with van der Waals surface area (Å²) in [5, 5.41) is 19.2. The van der Waals surface area contributed by atoms with Crippen molar-refractivity contribution in [3.05, 3.63) is 56.5 Å². The van der Waals surface area contributed by atoms with Gasteiger partial charge in [0.05, 0.1) is 10.6 Å². The van der Waals surface area contributed by atoms with Gasteiger partial charge in [0.25, 0.3) is 5.69 Å². The molecule has 0 saturated carbocycles. The van der Waals surface area contributed by atoms with Crippen molar-refractivity contribution in [2.24, 2.45) is 7.05 Å². The Morgan fingerprint density at radius 3 is 2.71 bits per heavy atom. The normalized spacial score (nSPS) is 11.0. The number of nitro benzene ring substituents is 1. The molecular formula is C13H11N5O3. The van der Waals surface area contributed by atoms with Crippen LogP contribution in [0, 0.1) is 17.0 Å². The summed E-state index contributed by atoms with van der Waals surface area (Å²) in [6, 6.07) is 7.87. The molecule has 2 aromatic heterocycles. The molecule has 0 bridgehead atoms. The van der Waals surface area contributed by atoms with Gasteiger partial charge in [-0.15, -0.1) is 5.10 Å². The molecule has 2 heterocycles. The second-order valence-electron chi connectivity index (χ2n) is 4.66. The summed E-state index contributed by atoms with van der Waals surface area (Å²) in [4.78, 5) is 22.3. The Balaban J connectivity index is 2.27. The number of fused-ring (bicyclic) bond motifs is 1. The van der Waals surface area contributed by atoms with E-state index in [1.54, 1.807) is 25.2 Å². The van der Waals surface area contributed by atoms with Crippen LogP contribution in [0.5, 0.6) is 0 Å². The Labute approximate surface area is 118 Å². The van der Waals surface area contributed by atoms with Gasteiger partial charge in [-0.2, -0.15) is 9.61 Å². The van der Waals surface area contributed by atoms with Gasteiger partial charge in [-0.3, -0.25) is 10.1 Å². The van der Waals surface area contributed by atoms with Crippen LogP contribution in [0.25, 0.3) is 16.9 Å². The van der Waals surface area contributed by atoms with E-state index in [0.717, 1.165) is 5.56 Å². The zero-order chi connectivity index (χ0) is 15.1. The van der Waals surface area contributed by atoms with E-state index in [-0.39, 0.29) is 11.4 Å². The number of non-ortho nitro benzene ring substituents is 1. The van der Waals surface area contributed by atoms with Gasteiger partial charge in [0, 0.05) is 24.7 Å². The summed E-state index contributed by atoms with van der Waals surface area (Å²) >= 11 is 0. The molecular weight excluding hydrogens is 274 g/mol. The molecule has 0 atom stereocenters. The van der Waals surface area contributed by atoms with E-state index in [4.69, 9.17) is 0 Å². The van der Waals surface area contributed by atoms with Crippen LogP contribution >= 0.6 is 0 Å². The molecule has 106 valence electrons. The molecule has 3 rings (SSSR count). The maximum absolute atomic E-state index is 11.9. The van der Waals surface area contributed by atoms with Gasteiger partial charge in [-0.25, -0.2) is 9.48 Å². The fourth-order valence-corrected chi connectivity index (χ4v) is 2.15. The SMILES string of the molecule is Cc1cc2nn(C)c(=O)n2nc1-c1cccc([N+](=O)[O-])c1. The van der Waals surface area contributed by atoms with Gasteiger partial charge in [0.15, 0.2) is 5.65 Å². The van der Waals surface area contributed by atoms with Crippen LogP contribution in [0.4, 0.5) is 5.69 Å². The topological polar surface area (TPSA) is 95.3 Å². The van der Waals surface area contributed by atoms with E-state index in [9.17, 15) is 14.9 Å². The molecule has 0 spiro atoms. The summed E-state index contributed by atoms with van der Waals surface area (Å²) in [5.74, 6) is 0. The number of hydrogen-bond acceptors (Lipinski definition) is 5. The van der Waals surface area contributed by atoms with Gasteiger partial charge in [0.1, 0.15) is 0 Å². The van der Waals surface area contributed by atoms with Crippen molar-refractivity contribution in [1.29, 1.82) is 0 Å². The highest BCUT2D eigenvalue weighted by Crippen LogP contribution is 2.24. The number of aryl methyl sites for hydroxylation is 2. The third-order valence-electron chi connectivity index (χ3n) is 3.18. The number of hydrogen-bond donors (Lipinski definition) is 0. The highest BCUT2D eigenvalue weighted by atomic mass is 16.6. The third-order valence-corrected chi connectivity index (χ3v) is 3.18. The average Bonchev–Trinajstić information content (AvgIpc) is 2.72. The fraction of sp³-hybridized carbons (Fsp3) is 0.154. The lowest BCUT2D eigenvalue weighted by Crippen LogP contribution is -2.19. The Bertz CT molecular complexity index is 925. The molecule has 0 aliphatic rings. The molecule has 3 aromatic rings. The molecule has 0 amide bonds. The minimum Gasteiger partial charge on any atom is -0.258 e. The standard InChI is InChI=1S/C13H11N5O3/c1-8-6-11-14-16(2)13(19)17(11)15-12(8)9-4-3-5-10(7-9)18(20)21/h3-7H,1-2H3. The summed E-state index contributed by atoms with van der Waals surface area (Å²) in [5.41, 5.74) is 1.94. The van der Waals surface area contributed by atoms with E-state index in [1.807, 2.05) is 6.92 Å². The van der Waals surface area contributed by atoms with Crippen molar-refractivity contribution < 1.29 is 4.92 Å². The van der Waals surface area contributed by atoms with Crippen molar-refractivity contribution >= 4 is 11.3 Å². The summed E-state index contributed by atoms with van der Waals surface area (Å²) in [6.45, 7) is 1.82. The minimum absolute atomic E-state index is 0.0210. The molecule has 0 radical (unpaired) electrons. The maximum atomic E-state index is 11.9. The third kappa shape index (κ3) is 2.06. The second kappa shape index (κ2) is 4.51. The monoisotopic (exact) mass is 285 g/mol. The van der Waals surface area contributed by atoms with E-state index in [2.05, 4.69) is 10.2 Å². The predicted molar refractivity (Wildman–Crippen MR) is 75.1 cm³/mol. The highest BCUT2D eigenvalue weighted by Gasteiger charge is 2.13. The zero-order valence-electron chi connectivity index (χ0n) is 11.3. The summed E-state index contributed by atoms with van der Waals surface area (Å²) in [7, 11) is 1.54. The highest BCUT2D eigenvalue weighted by molar-refractivity contribution is 5.66. The number of rotatable bonds is 2. The lowest BCUT2D eigenvalue weighted by Gasteiger charge is -2.04. The van der Waals surface area contributed by atoms with Crippen LogP contribution in [0.1, 0.15) is 5.56 Å². The van der Waals surface area contributed by atoms with Crippen LogP contribution in [0.3, 0.4) is 0 Å².